The monoisotopic (exact) mass is 425 g/mol. The Morgan fingerprint density at radius 1 is 1.03 bits per heavy atom. The van der Waals surface area contributed by atoms with E-state index in [9.17, 15) is 14.4 Å². The van der Waals surface area contributed by atoms with Gasteiger partial charge < -0.3 is 24.4 Å². The normalized spacial score (nSPS) is 16.5. The van der Waals surface area contributed by atoms with Crippen LogP contribution in [0.4, 0.5) is 5.69 Å². The third-order valence-electron chi connectivity index (χ3n) is 5.43. The molecule has 162 valence electrons. The smallest absolute Gasteiger partial charge is 0.264 e. The van der Waals surface area contributed by atoms with Crippen LogP contribution in [0.25, 0.3) is 0 Å². The zero-order chi connectivity index (χ0) is 22.1. The lowest BCUT2D eigenvalue weighted by Crippen LogP contribution is -2.51. The van der Waals surface area contributed by atoms with Crippen LogP contribution < -0.4 is 19.7 Å². The summed E-state index contributed by atoms with van der Waals surface area (Å²) in [5.74, 6) is -0.271. The number of methoxy groups -OCH3 is 3. The first-order valence-electron chi connectivity index (χ1n) is 9.77. The highest BCUT2D eigenvalue weighted by atomic mass is 16.5. The van der Waals surface area contributed by atoms with E-state index in [-0.39, 0.29) is 24.3 Å². The summed E-state index contributed by atoms with van der Waals surface area (Å²) in [4.78, 5) is 42.3. The summed E-state index contributed by atoms with van der Waals surface area (Å²) in [6.45, 7) is 0.471. The van der Waals surface area contributed by atoms with Crippen molar-refractivity contribution in [1.82, 2.24) is 10.2 Å². The van der Waals surface area contributed by atoms with Crippen molar-refractivity contribution in [2.75, 3.05) is 45.9 Å². The van der Waals surface area contributed by atoms with Gasteiger partial charge in [-0.2, -0.15) is 0 Å². The van der Waals surface area contributed by atoms with E-state index in [0.717, 1.165) is 0 Å². The molecule has 2 aliphatic heterocycles. The first-order chi connectivity index (χ1) is 15.0. The Balaban J connectivity index is 1.82. The Labute approximate surface area is 179 Å². The van der Waals surface area contributed by atoms with Crippen molar-refractivity contribution in [3.8, 4) is 11.5 Å². The largest absolute Gasteiger partial charge is 0.493 e. The first kappa shape index (κ1) is 20.7. The lowest BCUT2D eigenvalue weighted by molar-refractivity contribution is -0.122. The van der Waals surface area contributed by atoms with Gasteiger partial charge in [0, 0.05) is 19.2 Å². The topological polar surface area (TPSA) is 97.4 Å². The number of benzene rings is 2. The Hall–Kier alpha value is -3.59. The molecular formula is C22H23N3O6. The van der Waals surface area contributed by atoms with Crippen LogP contribution in [0.1, 0.15) is 32.4 Å². The van der Waals surface area contributed by atoms with Crippen LogP contribution in [0, 0.1) is 0 Å². The zero-order valence-corrected chi connectivity index (χ0v) is 17.5. The molecule has 0 aromatic heterocycles. The van der Waals surface area contributed by atoms with E-state index >= 15 is 0 Å². The highest BCUT2D eigenvalue weighted by Gasteiger charge is 2.50. The second kappa shape index (κ2) is 8.27. The molecular weight excluding hydrogens is 402 g/mol. The highest BCUT2D eigenvalue weighted by molar-refractivity contribution is 6.18. The third-order valence-corrected chi connectivity index (χ3v) is 5.43. The summed E-state index contributed by atoms with van der Waals surface area (Å²) < 4.78 is 15.8. The molecule has 1 N–H and O–H groups in total. The highest BCUT2D eigenvalue weighted by Crippen LogP contribution is 2.49. The molecule has 2 aromatic rings. The molecule has 0 spiro atoms. The number of carbonyl (C=O) groups is 3. The summed E-state index contributed by atoms with van der Waals surface area (Å²) in [6, 6.07) is 10.3. The molecule has 0 radical (unpaired) electrons. The minimum atomic E-state index is -0.766. The van der Waals surface area contributed by atoms with Crippen LogP contribution in [-0.2, 0) is 9.53 Å². The van der Waals surface area contributed by atoms with Crippen LogP contribution in [0.15, 0.2) is 36.4 Å². The number of nitrogens with one attached hydrogen (secondary N) is 1. The Bertz CT molecular complexity index is 1050. The average Bonchev–Trinajstić information content (AvgIpc) is 3.08. The van der Waals surface area contributed by atoms with E-state index in [0.29, 0.717) is 47.0 Å². The van der Waals surface area contributed by atoms with Gasteiger partial charge in [-0.05, 0) is 18.2 Å². The van der Waals surface area contributed by atoms with Gasteiger partial charge in [0.2, 0.25) is 5.91 Å². The van der Waals surface area contributed by atoms with Crippen LogP contribution in [-0.4, -0.2) is 63.6 Å². The molecule has 0 bridgehead atoms. The molecule has 3 amide bonds. The molecule has 0 saturated carbocycles. The van der Waals surface area contributed by atoms with E-state index in [1.54, 1.807) is 36.4 Å². The van der Waals surface area contributed by atoms with Crippen molar-refractivity contribution in [2.24, 2.45) is 0 Å². The summed E-state index contributed by atoms with van der Waals surface area (Å²) >= 11 is 0. The molecule has 1 unspecified atom stereocenters. The maximum Gasteiger partial charge on any atom is 0.264 e. The maximum absolute atomic E-state index is 13.5. The number of fused-ring (bicyclic) bond motifs is 5. The number of rotatable bonds is 7. The summed E-state index contributed by atoms with van der Waals surface area (Å²) in [7, 11) is 4.49. The van der Waals surface area contributed by atoms with Gasteiger partial charge >= 0.3 is 0 Å². The zero-order valence-electron chi connectivity index (χ0n) is 17.5. The minimum absolute atomic E-state index is 0.209. The number of hydrogen-bond acceptors (Lipinski definition) is 6. The van der Waals surface area contributed by atoms with Gasteiger partial charge in [-0.15, -0.1) is 0 Å². The number of para-hydroxylation sites is 1. The lowest BCUT2D eigenvalue weighted by Gasteiger charge is -2.40. The Morgan fingerprint density at radius 2 is 1.81 bits per heavy atom. The molecule has 0 fully saturated rings. The van der Waals surface area contributed by atoms with Gasteiger partial charge in [-0.1, -0.05) is 18.2 Å². The standard InChI is InChI=1S/C22H23N3O6/c1-29-11-10-23-17(26)12-24-20-14-8-9-16(30-2)19(31-3)18(14)22(28)25(20)15-7-5-4-6-13(15)21(24)27/h4-9,20H,10-12H2,1-3H3,(H,23,26). The molecule has 1 atom stereocenters. The maximum atomic E-state index is 13.5. The van der Waals surface area contributed by atoms with Crippen molar-refractivity contribution in [2.45, 2.75) is 6.17 Å². The number of hydrogen-bond donors (Lipinski definition) is 1. The van der Waals surface area contributed by atoms with Crippen molar-refractivity contribution in [3.05, 3.63) is 53.1 Å². The van der Waals surface area contributed by atoms with E-state index in [1.165, 1.54) is 31.1 Å². The van der Waals surface area contributed by atoms with Crippen molar-refractivity contribution >= 4 is 23.4 Å². The minimum Gasteiger partial charge on any atom is -0.493 e. The Morgan fingerprint density at radius 3 is 2.52 bits per heavy atom. The van der Waals surface area contributed by atoms with E-state index in [1.807, 2.05) is 0 Å². The first-order valence-corrected chi connectivity index (χ1v) is 9.77. The fraction of sp³-hybridized carbons (Fsp3) is 0.318. The summed E-state index contributed by atoms with van der Waals surface area (Å²) in [5, 5.41) is 2.73. The molecule has 2 heterocycles. The molecule has 9 heteroatoms. The van der Waals surface area contributed by atoms with Gasteiger partial charge in [0.05, 0.1) is 37.6 Å². The average molecular weight is 425 g/mol. The number of nitrogens with zero attached hydrogens (tertiary/aromatic N) is 2. The lowest BCUT2D eigenvalue weighted by atomic mass is 10.0. The third kappa shape index (κ3) is 3.27. The fourth-order valence-corrected chi connectivity index (χ4v) is 4.09. The van der Waals surface area contributed by atoms with Crippen molar-refractivity contribution in [1.29, 1.82) is 0 Å². The second-order valence-electron chi connectivity index (χ2n) is 7.11. The SMILES string of the molecule is COCCNC(=O)CN1C(=O)c2ccccc2N2C(=O)c3c(ccc(OC)c3OC)C12. The quantitative estimate of drug-likeness (QED) is 0.677. The molecule has 31 heavy (non-hydrogen) atoms. The molecule has 9 nitrogen and oxygen atoms in total. The predicted octanol–water partition coefficient (Wildman–Crippen LogP) is 1.58. The molecule has 0 aliphatic carbocycles. The number of ether oxygens (including phenoxy) is 3. The molecule has 4 rings (SSSR count). The van der Waals surface area contributed by atoms with Gasteiger partial charge in [0.15, 0.2) is 11.5 Å². The van der Waals surface area contributed by atoms with Gasteiger partial charge in [-0.25, -0.2) is 0 Å². The second-order valence-corrected chi connectivity index (χ2v) is 7.11. The Kier molecular flexibility index (Phi) is 5.51. The fourth-order valence-electron chi connectivity index (χ4n) is 4.09. The number of carbonyl (C=O) groups excluding carboxylic acids is 3. The van der Waals surface area contributed by atoms with Gasteiger partial charge in [0.1, 0.15) is 12.7 Å². The summed E-state index contributed by atoms with van der Waals surface area (Å²) in [6.07, 6.45) is -0.766. The van der Waals surface area contributed by atoms with E-state index < -0.39 is 6.17 Å². The predicted molar refractivity (Wildman–Crippen MR) is 111 cm³/mol. The van der Waals surface area contributed by atoms with Crippen LogP contribution in [0.5, 0.6) is 11.5 Å². The molecule has 2 aromatic carbocycles. The van der Waals surface area contributed by atoms with Crippen LogP contribution in [0.3, 0.4) is 0 Å². The number of anilines is 1. The van der Waals surface area contributed by atoms with Crippen LogP contribution >= 0.6 is 0 Å². The molecule has 2 aliphatic rings. The van der Waals surface area contributed by atoms with E-state index in [2.05, 4.69) is 5.32 Å². The van der Waals surface area contributed by atoms with Crippen molar-refractivity contribution in [3.63, 3.8) is 0 Å². The van der Waals surface area contributed by atoms with Gasteiger partial charge in [-0.3, -0.25) is 19.3 Å². The molecule has 0 saturated heterocycles. The van der Waals surface area contributed by atoms with Crippen LogP contribution in [0.2, 0.25) is 0 Å². The van der Waals surface area contributed by atoms with E-state index in [4.69, 9.17) is 14.2 Å². The number of amides is 3. The van der Waals surface area contributed by atoms with Gasteiger partial charge in [0.25, 0.3) is 11.8 Å². The van der Waals surface area contributed by atoms with Crippen molar-refractivity contribution < 1.29 is 28.6 Å². The summed E-state index contributed by atoms with van der Waals surface area (Å²) in [5.41, 5.74) is 1.75.